The molecule has 1 spiro atoms. The van der Waals surface area contributed by atoms with E-state index in [9.17, 15) is 0 Å². The van der Waals surface area contributed by atoms with Gasteiger partial charge in [-0.15, -0.1) is 11.8 Å². The maximum Gasteiger partial charge on any atom is 0.0736 e. The smallest absolute Gasteiger partial charge is 0.0736 e. The Bertz CT molecular complexity index is 888. The van der Waals surface area contributed by atoms with Gasteiger partial charge < -0.3 is 9.72 Å². The number of thioether (sulfide) groups is 1. The van der Waals surface area contributed by atoms with Crippen LogP contribution in [0.1, 0.15) is 17.5 Å². The van der Waals surface area contributed by atoms with Crippen LogP contribution in [0.25, 0.3) is 10.9 Å². The number of hydrogen-bond donors (Lipinski definition) is 1. The summed E-state index contributed by atoms with van der Waals surface area (Å²) >= 11 is 2.11. The van der Waals surface area contributed by atoms with Crippen molar-refractivity contribution in [3.8, 4) is 0 Å². The number of nitrogens with zero attached hydrogens (tertiary/aromatic N) is 2. The summed E-state index contributed by atoms with van der Waals surface area (Å²) in [5.41, 5.74) is 3.82. The van der Waals surface area contributed by atoms with Crippen molar-refractivity contribution in [2.24, 2.45) is 0 Å². The van der Waals surface area contributed by atoms with Crippen LogP contribution in [0.15, 0.2) is 55.0 Å². The van der Waals surface area contributed by atoms with E-state index in [-0.39, 0.29) is 0 Å². The first-order valence-corrected chi connectivity index (χ1v) is 10.2. The fourth-order valence-electron chi connectivity index (χ4n) is 4.24. The van der Waals surface area contributed by atoms with Gasteiger partial charge in [-0.3, -0.25) is 9.88 Å². The summed E-state index contributed by atoms with van der Waals surface area (Å²) < 4.78 is 6.55. The zero-order chi connectivity index (χ0) is 17.4. The second-order valence-corrected chi connectivity index (χ2v) is 8.98. The van der Waals surface area contributed by atoms with Gasteiger partial charge in [-0.25, -0.2) is 0 Å². The first-order valence-electron chi connectivity index (χ1n) is 9.22. The number of pyridine rings is 1. The van der Waals surface area contributed by atoms with Gasteiger partial charge in [0.2, 0.25) is 0 Å². The topological polar surface area (TPSA) is 41.1 Å². The van der Waals surface area contributed by atoms with Crippen molar-refractivity contribution >= 4 is 22.7 Å². The number of ether oxygens (including phenoxy) is 1. The quantitative estimate of drug-likeness (QED) is 0.746. The maximum absolute atomic E-state index is 6.14. The highest BCUT2D eigenvalue weighted by Gasteiger charge is 2.49. The Labute approximate surface area is 158 Å². The summed E-state index contributed by atoms with van der Waals surface area (Å²) in [6, 6.07) is 12.8. The minimum atomic E-state index is 0.371. The lowest BCUT2D eigenvalue weighted by atomic mass is 9.92. The minimum absolute atomic E-state index is 0.371. The number of fused-ring (bicyclic) bond motifs is 1. The molecule has 1 N–H and O–H groups in total. The van der Waals surface area contributed by atoms with E-state index >= 15 is 0 Å². The monoisotopic (exact) mass is 365 g/mol. The number of benzene rings is 1. The van der Waals surface area contributed by atoms with Crippen molar-refractivity contribution in [2.75, 3.05) is 18.8 Å². The lowest BCUT2D eigenvalue weighted by Gasteiger charge is -2.47. The maximum atomic E-state index is 6.14. The van der Waals surface area contributed by atoms with Crippen molar-refractivity contribution in [1.29, 1.82) is 0 Å². The molecule has 0 saturated carbocycles. The molecule has 5 rings (SSSR count). The summed E-state index contributed by atoms with van der Waals surface area (Å²) in [5.74, 6) is 1.11. The molecule has 5 heteroatoms. The molecular formula is C21H23N3OS. The van der Waals surface area contributed by atoms with Crippen molar-refractivity contribution in [2.45, 2.75) is 30.4 Å². The fourth-order valence-corrected chi connectivity index (χ4v) is 5.84. The molecule has 2 aromatic heterocycles. The van der Waals surface area contributed by atoms with Gasteiger partial charge in [-0.2, -0.15) is 0 Å². The summed E-state index contributed by atoms with van der Waals surface area (Å²) in [6.45, 7) is 4.06. The number of H-pyrrole nitrogens is 1. The summed E-state index contributed by atoms with van der Waals surface area (Å²) in [7, 11) is 0. The standard InChI is InChI=1S/C21H23N3OS/c1-4-17(19-6-8-23-20(19)5-1)11-24-14-21(15-24)9-18(13-26-21)25-12-16-3-2-7-22-10-16/h1-8,10,18,23H,9,11-15H2. The normalized spacial score (nSPS) is 22.1. The van der Waals surface area contributed by atoms with Crippen LogP contribution >= 0.6 is 11.8 Å². The highest BCUT2D eigenvalue weighted by molar-refractivity contribution is 8.01. The molecule has 2 aliphatic rings. The third-order valence-corrected chi connectivity index (χ3v) is 7.06. The zero-order valence-corrected chi connectivity index (χ0v) is 15.5. The summed E-state index contributed by atoms with van der Waals surface area (Å²) in [6.07, 6.45) is 7.27. The van der Waals surface area contributed by atoms with E-state index in [0.717, 1.165) is 17.9 Å². The van der Waals surface area contributed by atoms with Crippen LogP contribution in [0.4, 0.5) is 0 Å². The van der Waals surface area contributed by atoms with Crippen molar-refractivity contribution in [3.05, 3.63) is 66.1 Å². The zero-order valence-electron chi connectivity index (χ0n) is 14.7. The van der Waals surface area contributed by atoms with E-state index in [1.54, 1.807) is 6.20 Å². The molecular weight excluding hydrogens is 342 g/mol. The highest BCUT2D eigenvalue weighted by Crippen LogP contribution is 2.46. The Kier molecular flexibility index (Phi) is 4.23. The lowest BCUT2D eigenvalue weighted by molar-refractivity contribution is 0.0264. The average Bonchev–Trinajstić information content (AvgIpc) is 3.28. The average molecular weight is 366 g/mol. The first-order chi connectivity index (χ1) is 12.8. The van der Waals surface area contributed by atoms with Crippen LogP contribution in [-0.4, -0.2) is 44.6 Å². The van der Waals surface area contributed by atoms with Crippen LogP contribution in [0.3, 0.4) is 0 Å². The SMILES string of the molecule is c1cncc(COC2CSC3(C2)CN(Cc2cccc4[nH]ccc24)C3)c1. The molecule has 134 valence electrons. The van der Waals surface area contributed by atoms with Crippen LogP contribution in [-0.2, 0) is 17.9 Å². The molecule has 1 atom stereocenters. The Hall–Kier alpha value is -1.82. The van der Waals surface area contributed by atoms with Gasteiger partial charge in [-0.1, -0.05) is 18.2 Å². The van der Waals surface area contributed by atoms with Gasteiger partial charge in [0.1, 0.15) is 0 Å². The van der Waals surface area contributed by atoms with Crippen LogP contribution in [0.2, 0.25) is 0 Å². The summed E-state index contributed by atoms with van der Waals surface area (Å²) in [4.78, 5) is 10.0. The predicted octanol–water partition coefficient (Wildman–Crippen LogP) is 3.84. The summed E-state index contributed by atoms with van der Waals surface area (Å²) in [5, 5.41) is 1.35. The highest BCUT2D eigenvalue weighted by atomic mass is 32.2. The largest absolute Gasteiger partial charge is 0.373 e. The Morgan fingerprint density at radius 3 is 3.08 bits per heavy atom. The molecule has 4 nitrogen and oxygen atoms in total. The first kappa shape index (κ1) is 16.4. The van der Waals surface area contributed by atoms with E-state index in [4.69, 9.17) is 4.74 Å². The number of likely N-dealkylation sites (tertiary alicyclic amines) is 1. The molecule has 3 aromatic rings. The number of nitrogens with one attached hydrogen (secondary N) is 1. The molecule has 26 heavy (non-hydrogen) atoms. The predicted molar refractivity (Wildman–Crippen MR) is 106 cm³/mol. The molecule has 0 bridgehead atoms. The van der Waals surface area contributed by atoms with Gasteiger partial charge in [0, 0.05) is 59.6 Å². The van der Waals surface area contributed by atoms with E-state index in [1.807, 2.05) is 18.5 Å². The minimum Gasteiger partial charge on any atom is -0.373 e. The Morgan fingerprint density at radius 2 is 2.19 bits per heavy atom. The fraction of sp³-hybridized carbons (Fsp3) is 0.381. The van der Waals surface area contributed by atoms with E-state index in [2.05, 4.69) is 57.0 Å². The van der Waals surface area contributed by atoms with Gasteiger partial charge in [0.15, 0.2) is 0 Å². The van der Waals surface area contributed by atoms with Gasteiger partial charge in [0.25, 0.3) is 0 Å². The molecule has 0 aliphatic carbocycles. The number of rotatable bonds is 5. The Morgan fingerprint density at radius 1 is 1.23 bits per heavy atom. The molecule has 4 heterocycles. The molecule has 2 fully saturated rings. The Balaban J connectivity index is 1.15. The number of aromatic nitrogens is 2. The molecule has 0 amide bonds. The number of aromatic amines is 1. The molecule has 1 unspecified atom stereocenters. The van der Waals surface area contributed by atoms with Crippen molar-refractivity contribution < 1.29 is 4.74 Å². The second-order valence-electron chi connectivity index (χ2n) is 7.49. The van der Waals surface area contributed by atoms with Gasteiger partial charge >= 0.3 is 0 Å². The van der Waals surface area contributed by atoms with Crippen LogP contribution in [0, 0.1) is 0 Å². The van der Waals surface area contributed by atoms with Crippen LogP contribution < -0.4 is 0 Å². The second kappa shape index (κ2) is 6.72. The molecule has 0 radical (unpaired) electrons. The third-order valence-electron chi connectivity index (χ3n) is 5.49. The van der Waals surface area contributed by atoms with Crippen LogP contribution in [0.5, 0.6) is 0 Å². The molecule has 1 aromatic carbocycles. The van der Waals surface area contributed by atoms with Crippen molar-refractivity contribution in [3.63, 3.8) is 0 Å². The van der Waals surface area contributed by atoms with E-state index < -0.39 is 0 Å². The van der Waals surface area contributed by atoms with Gasteiger partial charge in [-0.05, 0) is 35.7 Å². The number of hydrogen-bond acceptors (Lipinski definition) is 4. The molecule has 2 aliphatic heterocycles. The lowest BCUT2D eigenvalue weighted by Crippen LogP contribution is -2.58. The van der Waals surface area contributed by atoms with Gasteiger partial charge in [0.05, 0.1) is 12.7 Å². The third kappa shape index (κ3) is 3.15. The molecule has 2 saturated heterocycles. The van der Waals surface area contributed by atoms with Crippen molar-refractivity contribution in [1.82, 2.24) is 14.9 Å². The van der Waals surface area contributed by atoms with E-state index in [0.29, 0.717) is 17.5 Å². The van der Waals surface area contributed by atoms with E-state index in [1.165, 1.54) is 36.0 Å².